The summed E-state index contributed by atoms with van der Waals surface area (Å²) in [6.45, 7) is 3.85. The Hall–Kier alpha value is -4.75. The molecular formula is C35H33BrF3N5O4. The number of hydrogen-bond donors (Lipinski definition) is 0. The van der Waals surface area contributed by atoms with Crippen molar-refractivity contribution < 1.29 is 32.2 Å². The first-order valence-corrected chi connectivity index (χ1v) is 15.2. The molecule has 0 radical (unpaired) electrons. The third-order valence-corrected chi connectivity index (χ3v) is 8.65. The van der Waals surface area contributed by atoms with E-state index in [1.807, 2.05) is 52.9 Å². The summed E-state index contributed by atoms with van der Waals surface area (Å²) in [5.74, 6) is 2.46. The monoisotopic (exact) mass is 723 g/mol. The fraction of sp³-hybridized carbons (Fsp3) is 0.257. The maximum absolute atomic E-state index is 13.6. The summed E-state index contributed by atoms with van der Waals surface area (Å²) < 4.78 is 57.6. The van der Waals surface area contributed by atoms with Crippen molar-refractivity contribution in [1.29, 1.82) is 0 Å². The van der Waals surface area contributed by atoms with E-state index >= 15 is 0 Å². The highest BCUT2D eigenvalue weighted by molar-refractivity contribution is 8.93. The van der Waals surface area contributed by atoms with E-state index in [0.717, 1.165) is 59.7 Å². The Morgan fingerprint density at radius 1 is 0.896 bits per heavy atom. The van der Waals surface area contributed by atoms with Crippen molar-refractivity contribution in [2.75, 3.05) is 44.9 Å². The third-order valence-electron chi connectivity index (χ3n) is 8.65. The number of halogens is 4. The van der Waals surface area contributed by atoms with E-state index in [-0.39, 0.29) is 29.7 Å². The van der Waals surface area contributed by atoms with Crippen LogP contribution >= 0.6 is 17.0 Å². The first-order valence-electron chi connectivity index (χ1n) is 15.2. The Kier molecular flexibility index (Phi) is 9.26. The summed E-state index contributed by atoms with van der Waals surface area (Å²) >= 11 is 0. The van der Waals surface area contributed by atoms with Crippen LogP contribution in [0.3, 0.4) is 0 Å². The first kappa shape index (κ1) is 33.2. The van der Waals surface area contributed by atoms with Crippen LogP contribution in [0.1, 0.15) is 21.6 Å². The van der Waals surface area contributed by atoms with Crippen LogP contribution < -0.4 is 19.1 Å². The van der Waals surface area contributed by atoms with Crippen molar-refractivity contribution >= 4 is 45.2 Å². The Bertz CT molecular complexity index is 1920. The van der Waals surface area contributed by atoms with Crippen LogP contribution in [-0.2, 0) is 19.8 Å². The second-order valence-electron chi connectivity index (χ2n) is 11.6. The molecule has 48 heavy (non-hydrogen) atoms. The van der Waals surface area contributed by atoms with Crippen molar-refractivity contribution in [3.63, 3.8) is 0 Å². The van der Waals surface area contributed by atoms with Crippen LogP contribution in [-0.4, -0.2) is 65.3 Å². The van der Waals surface area contributed by atoms with Crippen molar-refractivity contribution in [1.82, 2.24) is 19.4 Å². The molecule has 0 unspecified atom stereocenters. The maximum atomic E-state index is 13.6. The minimum Gasteiger partial charge on any atom is -0.454 e. The minimum atomic E-state index is -4.38. The maximum Gasteiger partial charge on any atom is 0.416 e. The third kappa shape index (κ3) is 6.78. The summed E-state index contributed by atoms with van der Waals surface area (Å²) in [4.78, 5) is 23.9. The predicted octanol–water partition coefficient (Wildman–Crippen LogP) is 7.42. The van der Waals surface area contributed by atoms with Gasteiger partial charge in [0.05, 0.1) is 17.4 Å². The molecule has 1 saturated heterocycles. The number of rotatable bonds is 7. The Labute approximate surface area is 285 Å². The van der Waals surface area contributed by atoms with Gasteiger partial charge in [0.1, 0.15) is 11.4 Å². The van der Waals surface area contributed by atoms with Crippen molar-refractivity contribution in [2.24, 2.45) is 7.05 Å². The number of alkyl halides is 3. The van der Waals surface area contributed by atoms with Crippen LogP contribution in [0.4, 0.5) is 24.5 Å². The Morgan fingerprint density at radius 2 is 1.62 bits per heavy atom. The number of carbonyl (C=O) groups is 1. The van der Waals surface area contributed by atoms with Crippen LogP contribution in [0.5, 0.6) is 23.1 Å². The number of nitrogens with zero attached hydrogens (tertiary/aromatic N) is 5. The summed E-state index contributed by atoms with van der Waals surface area (Å²) in [5.41, 5.74) is 3.25. The Balaban J connectivity index is 0.00000401. The molecule has 0 atom stereocenters. The number of aromatic nitrogens is 2. The lowest BCUT2D eigenvalue weighted by Gasteiger charge is -2.34. The molecule has 3 aromatic carbocycles. The van der Waals surface area contributed by atoms with Crippen LogP contribution in [0, 0.1) is 0 Å². The van der Waals surface area contributed by atoms with Gasteiger partial charge in [-0.2, -0.15) is 13.2 Å². The van der Waals surface area contributed by atoms with Gasteiger partial charge < -0.3 is 28.6 Å². The van der Waals surface area contributed by atoms with Gasteiger partial charge in [0.2, 0.25) is 12.7 Å². The molecule has 9 nitrogen and oxygen atoms in total. The topological polar surface area (TPSA) is 72.3 Å². The molecule has 0 aliphatic carbocycles. The van der Waals surface area contributed by atoms with Gasteiger partial charge >= 0.3 is 6.18 Å². The van der Waals surface area contributed by atoms with Gasteiger partial charge in [0.15, 0.2) is 11.5 Å². The number of amides is 1. The molecule has 0 spiro atoms. The molecule has 0 bridgehead atoms. The smallest absolute Gasteiger partial charge is 0.416 e. The Morgan fingerprint density at radius 3 is 2.33 bits per heavy atom. The number of pyridine rings is 1. The zero-order chi connectivity index (χ0) is 32.7. The van der Waals surface area contributed by atoms with E-state index in [2.05, 4.69) is 16.0 Å². The summed E-state index contributed by atoms with van der Waals surface area (Å²) in [6, 6.07) is 21.9. The van der Waals surface area contributed by atoms with Crippen molar-refractivity contribution in [3.8, 4) is 23.1 Å². The van der Waals surface area contributed by atoms with E-state index < -0.39 is 11.7 Å². The van der Waals surface area contributed by atoms with E-state index in [4.69, 9.17) is 14.2 Å². The van der Waals surface area contributed by atoms with E-state index in [1.165, 1.54) is 12.1 Å². The van der Waals surface area contributed by atoms with Gasteiger partial charge in [-0.1, -0.05) is 6.07 Å². The van der Waals surface area contributed by atoms with Gasteiger partial charge in [-0.05, 0) is 72.3 Å². The largest absolute Gasteiger partial charge is 0.454 e. The number of hydrogen-bond acceptors (Lipinski definition) is 7. The second kappa shape index (κ2) is 13.4. The fourth-order valence-corrected chi connectivity index (χ4v) is 5.94. The molecule has 13 heteroatoms. The lowest BCUT2D eigenvalue weighted by Crippen LogP contribution is -2.48. The van der Waals surface area contributed by atoms with Crippen LogP contribution in [0.2, 0.25) is 0 Å². The number of fused-ring (bicyclic) bond motifs is 2. The molecule has 1 fully saturated rings. The van der Waals surface area contributed by atoms with Crippen LogP contribution in [0.25, 0.3) is 10.9 Å². The molecule has 7 rings (SSSR count). The number of piperazine rings is 1. The molecule has 0 N–H and O–H groups in total. The average Bonchev–Trinajstić information content (AvgIpc) is 3.68. The van der Waals surface area contributed by atoms with E-state index in [1.54, 1.807) is 30.3 Å². The molecule has 1 amide bonds. The number of aryl methyl sites for hydroxylation is 1. The molecule has 5 aromatic rings. The van der Waals surface area contributed by atoms with E-state index in [9.17, 15) is 18.0 Å². The number of benzene rings is 3. The predicted molar refractivity (Wildman–Crippen MR) is 181 cm³/mol. The van der Waals surface area contributed by atoms with Gasteiger partial charge in [0, 0.05) is 69.5 Å². The molecule has 4 heterocycles. The highest BCUT2D eigenvalue weighted by atomic mass is 79.9. The number of carbonyl (C=O) groups excluding carboxylic acids is 1. The molecule has 2 aromatic heterocycles. The molecule has 2 aliphatic heterocycles. The normalized spacial score (nSPS) is 14.6. The van der Waals surface area contributed by atoms with Gasteiger partial charge in [0.25, 0.3) is 5.91 Å². The molecule has 0 saturated carbocycles. The van der Waals surface area contributed by atoms with Gasteiger partial charge in [-0.15, -0.1) is 17.0 Å². The van der Waals surface area contributed by atoms with Crippen LogP contribution in [0.15, 0.2) is 85.1 Å². The highest BCUT2D eigenvalue weighted by Crippen LogP contribution is 2.34. The molecule has 250 valence electrons. The lowest BCUT2D eigenvalue weighted by molar-refractivity contribution is -0.137. The van der Waals surface area contributed by atoms with Crippen molar-refractivity contribution in [3.05, 3.63) is 102 Å². The highest BCUT2D eigenvalue weighted by Gasteiger charge is 2.30. The minimum absolute atomic E-state index is 0. The summed E-state index contributed by atoms with van der Waals surface area (Å²) in [7, 11) is 3.64. The van der Waals surface area contributed by atoms with Gasteiger partial charge in [-0.3, -0.25) is 9.69 Å². The first-order chi connectivity index (χ1) is 22.6. The SMILES string of the molecule is Br.CN(c1ccc(C(F)(F)F)cc1)c1ccc(Oc2ccc3c(c2)cc(C(=O)N2CCN(Cc4ccc5c(c4)OCO5)CC2)n3C)nc1. The quantitative estimate of drug-likeness (QED) is 0.173. The fourth-order valence-electron chi connectivity index (χ4n) is 5.94. The second-order valence-corrected chi connectivity index (χ2v) is 11.6. The zero-order valence-electron chi connectivity index (χ0n) is 26.2. The number of anilines is 2. The number of ether oxygens (including phenoxy) is 3. The molecular weight excluding hydrogens is 691 g/mol. The van der Waals surface area contributed by atoms with E-state index in [0.29, 0.717) is 41.8 Å². The lowest BCUT2D eigenvalue weighted by atomic mass is 10.1. The van der Waals surface area contributed by atoms with Gasteiger partial charge in [-0.25, -0.2) is 4.98 Å². The van der Waals surface area contributed by atoms with Crippen molar-refractivity contribution in [2.45, 2.75) is 12.7 Å². The molecule has 2 aliphatic rings. The average molecular weight is 725 g/mol. The zero-order valence-corrected chi connectivity index (χ0v) is 27.9. The summed E-state index contributed by atoms with van der Waals surface area (Å²) in [5, 5.41) is 0.869. The standard InChI is InChI=1S/C35H32F3N5O4.BrH/c1-40(26-6-4-25(5-7-26)35(36,37)38)27-8-12-33(39-20-27)47-28-9-10-29-24(18-28)19-30(41(29)2)34(44)43-15-13-42(14-16-43)21-23-3-11-31-32(17-23)46-22-45-31;/h3-12,17-20H,13-16,21-22H2,1-2H3;1H. The summed E-state index contributed by atoms with van der Waals surface area (Å²) in [6.07, 6.45) is -2.79.